The molecule has 0 bridgehead atoms. The van der Waals surface area contributed by atoms with Gasteiger partial charge in [-0.1, -0.05) is 12.1 Å². The fraction of sp³-hybridized carbons (Fsp3) is 0.188. The molecule has 2 N–H and O–H groups in total. The second kappa shape index (κ2) is 6.29. The molecule has 2 aliphatic heterocycles. The first-order valence-corrected chi connectivity index (χ1v) is 7.83. The van der Waals surface area contributed by atoms with Crippen molar-refractivity contribution in [3.8, 4) is 5.75 Å². The predicted octanol–water partition coefficient (Wildman–Crippen LogP) is 1.73. The summed E-state index contributed by atoms with van der Waals surface area (Å²) >= 11 is 1.31. The van der Waals surface area contributed by atoms with Gasteiger partial charge in [0.2, 0.25) is 0 Å². The van der Waals surface area contributed by atoms with Gasteiger partial charge in [0.1, 0.15) is 22.3 Å². The van der Waals surface area contributed by atoms with Crippen molar-refractivity contribution in [2.75, 3.05) is 7.11 Å². The highest BCUT2D eigenvalue weighted by molar-refractivity contribution is 8.04. The van der Waals surface area contributed by atoms with E-state index >= 15 is 0 Å². The quantitative estimate of drug-likeness (QED) is 0.821. The van der Waals surface area contributed by atoms with Gasteiger partial charge in [-0.3, -0.25) is 9.59 Å². The molecular weight excluding hydrogens is 316 g/mol. The Balaban J connectivity index is 1.70. The van der Waals surface area contributed by atoms with Crippen molar-refractivity contribution in [2.45, 2.75) is 11.8 Å². The summed E-state index contributed by atoms with van der Waals surface area (Å²) in [4.78, 5) is 28.0. The Hall–Kier alpha value is -2.54. The minimum Gasteiger partial charge on any atom is -0.510 e. The van der Waals surface area contributed by atoms with Gasteiger partial charge in [0, 0.05) is 6.54 Å². The van der Waals surface area contributed by atoms with E-state index in [2.05, 4.69) is 10.3 Å². The maximum Gasteiger partial charge on any atom is 0.286 e. The normalized spacial score (nSPS) is 19.4. The molecule has 1 unspecified atom stereocenters. The third-order valence-electron chi connectivity index (χ3n) is 3.51. The Kier molecular flexibility index (Phi) is 4.20. The summed E-state index contributed by atoms with van der Waals surface area (Å²) in [5.41, 5.74) is 1.04. The molecule has 1 aromatic carbocycles. The van der Waals surface area contributed by atoms with Gasteiger partial charge in [-0.15, -0.1) is 11.8 Å². The van der Waals surface area contributed by atoms with E-state index in [1.54, 1.807) is 30.7 Å². The number of dihydropyridines is 1. The molecule has 0 radical (unpaired) electrons. The lowest BCUT2D eigenvalue weighted by Crippen LogP contribution is -2.34. The van der Waals surface area contributed by atoms with Crippen molar-refractivity contribution in [3.63, 3.8) is 0 Å². The van der Waals surface area contributed by atoms with Crippen molar-refractivity contribution in [2.24, 2.45) is 4.99 Å². The number of amides is 2. The molecule has 1 atom stereocenters. The van der Waals surface area contributed by atoms with Crippen LogP contribution in [-0.2, 0) is 16.1 Å². The summed E-state index contributed by atoms with van der Waals surface area (Å²) in [6.45, 7) is 0.236. The molecule has 0 fully saturated rings. The molecule has 23 heavy (non-hydrogen) atoms. The molecule has 2 heterocycles. The molecule has 0 saturated carbocycles. The number of carbonyl (C=O) groups is 2. The highest BCUT2D eigenvalue weighted by Gasteiger charge is 2.36. The highest BCUT2D eigenvalue weighted by Crippen LogP contribution is 2.32. The number of rotatable bonds is 4. The number of ether oxygens (including phenoxy) is 1. The molecule has 6 nitrogen and oxygen atoms in total. The lowest BCUT2D eigenvalue weighted by Gasteiger charge is -2.18. The minimum absolute atomic E-state index is 0.234. The van der Waals surface area contributed by atoms with Crippen LogP contribution in [-0.4, -0.2) is 35.0 Å². The number of benzene rings is 1. The topological polar surface area (TPSA) is 88.0 Å². The zero-order valence-corrected chi connectivity index (χ0v) is 13.1. The van der Waals surface area contributed by atoms with Crippen molar-refractivity contribution < 1.29 is 19.4 Å². The Bertz CT molecular complexity index is 750. The Morgan fingerprint density at radius 3 is 2.83 bits per heavy atom. The molecule has 2 amide bonds. The van der Waals surface area contributed by atoms with Crippen molar-refractivity contribution >= 4 is 29.3 Å². The molecule has 7 heteroatoms. The highest BCUT2D eigenvalue weighted by atomic mass is 32.2. The Morgan fingerprint density at radius 1 is 1.39 bits per heavy atom. The average molecular weight is 330 g/mol. The Labute approximate surface area is 136 Å². The van der Waals surface area contributed by atoms with Crippen LogP contribution in [0.25, 0.3) is 0 Å². The third kappa shape index (κ3) is 3.00. The van der Waals surface area contributed by atoms with Crippen LogP contribution in [0.1, 0.15) is 5.56 Å². The maximum absolute atomic E-state index is 12.2. The van der Waals surface area contributed by atoms with Crippen LogP contribution in [0, 0.1) is 0 Å². The zero-order chi connectivity index (χ0) is 16.4. The van der Waals surface area contributed by atoms with Crippen molar-refractivity contribution in [1.29, 1.82) is 0 Å². The number of allylic oxidation sites excluding steroid dienone is 1. The van der Waals surface area contributed by atoms with Crippen LogP contribution in [0.5, 0.6) is 5.75 Å². The Morgan fingerprint density at radius 2 is 2.13 bits per heavy atom. The molecule has 0 aliphatic carbocycles. The fourth-order valence-electron chi connectivity index (χ4n) is 2.29. The summed E-state index contributed by atoms with van der Waals surface area (Å²) in [5.74, 6) is -0.857. The van der Waals surface area contributed by atoms with Gasteiger partial charge in [-0.2, -0.15) is 0 Å². The number of hydrogen-bond donors (Lipinski definition) is 2. The molecule has 1 aromatic rings. The first-order valence-electron chi connectivity index (χ1n) is 6.89. The molecule has 2 aliphatic rings. The van der Waals surface area contributed by atoms with Gasteiger partial charge in [-0.05, 0) is 29.2 Å². The number of aliphatic hydroxyl groups is 1. The fourth-order valence-corrected chi connectivity index (χ4v) is 3.18. The van der Waals surface area contributed by atoms with E-state index in [4.69, 9.17) is 4.74 Å². The summed E-state index contributed by atoms with van der Waals surface area (Å²) < 4.78 is 5.06. The summed E-state index contributed by atoms with van der Waals surface area (Å²) in [6.07, 6.45) is 1.66. The monoisotopic (exact) mass is 330 g/mol. The van der Waals surface area contributed by atoms with Gasteiger partial charge in [0.15, 0.2) is 0 Å². The number of nitrogens with zero attached hydrogens (tertiary/aromatic N) is 1. The number of aliphatic hydroxyl groups excluding tert-OH is 1. The number of nitrogens with one attached hydrogen (secondary N) is 1. The lowest BCUT2D eigenvalue weighted by atomic mass is 10.0. The molecule has 0 saturated heterocycles. The number of fused-ring (bicyclic) bond motifs is 1. The first-order chi connectivity index (χ1) is 11.1. The summed E-state index contributed by atoms with van der Waals surface area (Å²) in [7, 11) is 1.57. The van der Waals surface area contributed by atoms with E-state index in [0.29, 0.717) is 5.71 Å². The largest absolute Gasteiger partial charge is 0.510 e. The molecule has 3 rings (SSSR count). The average Bonchev–Trinajstić information content (AvgIpc) is 3.02. The second-order valence-electron chi connectivity index (χ2n) is 4.95. The zero-order valence-electron chi connectivity index (χ0n) is 12.3. The van der Waals surface area contributed by atoms with Gasteiger partial charge in [0.25, 0.3) is 11.8 Å². The van der Waals surface area contributed by atoms with Crippen LogP contribution in [0.15, 0.2) is 52.1 Å². The van der Waals surface area contributed by atoms with Crippen LogP contribution in [0.3, 0.4) is 0 Å². The first kappa shape index (κ1) is 15.4. The third-order valence-corrected chi connectivity index (χ3v) is 4.54. The summed E-state index contributed by atoms with van der Waals surface area (Å²) in [5, 5.41) is 14.1. The number of methoxy groups -OCH3 is 1. The van der Waals surface area contributed by atoms with E-state index < -0.39 is 17.1 Å². The minimum atomic E-state index is -0.715. The van der Waals surface area contributed by atoms with Crippen molar-refractivity contribution in [1.82, 2.24) is 5.32 Å². The number of thioether (sulfide) groups is 1. The van der Waals surface area contributed by atoms with Crippen LogP contribution in [0.4, 0.5) is 0 Å². The van der Waals surface area contributed by atoms with E-state index in [1.165, 1.54) is 11.8 Å². The van der Waals surface area contributed by atoms with E-state index in [-0.39, 0.29) is 17.9 Å². The van der Waals surface area contributed by atoms with Crippen LogP contribution >= 0.6 is 11.8 Å². The summed E-state index contributed by atoms with van der Waals surface area (Å²) in [6, 6.07) is 7.18. The van der Waals surface area contributed by atoms with Gasteiger partial charge >= 0.3 is 0 Å². The van der Waals surface area contributed by atoms with Crippen LogP contribution < -0.4 is 10.1 Å². The molecule has 118 valence electrons. The molecule has 0 aromatic heterocycles. The second-order valence-corrected chi connectivity index (χ2v) is 5.97. The van der Waals surface area contributed by atoms with Crippen LogP contribution in [0.2, 0.25) is 0 Å². The van der Waals surface area contributed by atoms with E-state index in [9.17, 15) is 14.7 Å². The smallest absolute Gasteiger partial charge is 0.286 e. The van der Waals surface area contributed by atoms with Gasteiger partial charge in [-0.25, -0.2) is 4.99 Å². The number of aliphatic imine (C=N–C) groups is 1. The number of hydrogen-bond acceptors (Lipinski definition) is 5. The van der Waals surface area contributed by atoms with E-state index in [1.807, 2.05) is 12.1 Å². The van der Waals surface area contributed by atoms with E-state index in [0.717, 1.165) is 11.3 Å². The predicted molar refractivity (Wildman–Crippen MR) is 87.5 cm³/mol. The standard InChI is InChI=1S/C16H14N2O4S/c1-22-10-4-2-9(3-5-10)8-17-15(20)12-13(19)14-11(6-7-23-14)18-16(12)21/h2-7,14,19H,8H2,1H3,(H,17,20). The SMILES string of the molecule is COc1ccc(CNC(=O)C2=C(O)C3SC=CC3=NC2=O)cc1. The number of carbonyl (C=O) groups excluding carboxylic acids is 2. The lowest BCUT2D eigenvalue weighted by molar-refractivity contribution is -0.122. The van der Waals surface area contributed by atoms with Crippen molar-refractivity contribution in [3.05, 3.63) is 52.6 Å². The molecular formula is C16H14N2O4S. The van der Waals surface area contributed by atoms with Gasteiger partial charge in [0.05, 0.1) is 12.8 Å². The van der Waals surface area contributed by atoms with Gasteiger partial charge < -0.3 is 15.2 Å². The maximum atomic E-state index is 12.2. The molecule has 0 spiro atoms.